The van der Waals surface area contributed by atoms with E-state index in [-0.39, 0.29) is 36.6 Å². The molecule has 2 aliphatic rings. The molecule has 5 atom stereocenters. The monoisotopic (exact) mass is 568 g/mol. The van der Waals surface area contributed by atoms with Crippen molar-refractivity contribution in [2.24, 2.45) is 5.92 Å². The molecule has 0 aromatic rings. The fourth-order valence-electron chi connectivity index (χ4n) is 6.13. The zero-order valence-corrected chi connectivity index (χ0v) is 29.2. The number of ether oxygens (including phenoxy) is 1. The van der Waals surface area contributed by atoms with Crippen LogP contribution < -0.4 is 0 Å². The molecular weight excluding hydrogens is 507 g/mol. The summed E-state index contributed by atoms with van der Waals surface area (Å²) >= 11 is 0. The molecule has 0 spiro atoms. The summed E-state index contributed by atoms with van der Waals surface area (Å²) in [6.45, 7) is 29.1. The molecule has 2 saturated heterocycles. The smallest absolute Gasteiger partial charge is 0.414 e. The van der Waals surface area contributed by atoms with Gasteiger partial charge in [-0.3, -0.25) is 0 Å². The van der Waals surface area contributed by atoms with Crippen molar-refractivity contribution in [2.75, 3.05) is 0 Å². The molecule has 0 N–H and O–H groups in total. The van der Waals surface area contributed by atoms with Crippen molar-refractivity contribution >= 4 is 23.8 Å². The van der Waals surface area contributed by atoms with E-state index < -0.39 is 22.2 Å². The van der Waals surface area contributed by atoms with Crippen LogP contribution in [-0.4, -0.2) is 58.9 Å². The van der Waals surface area contributed by atoms with Gasteiger partial charge in [0.15, 0.2) is 16.6 Å². The summed E-state index contributed by atoms with van der Waals surface area (Å²) in [4.78, 5) is 0. The third kappa shape index (κ3) is 7.86. The van der Waals surface area contributed by atoms with Gasteiger partial charge in [0.25, 0.3) is 0 Å². The number of hydrogen-bond donors (Lipinski definition) is 0. The molecule has 0 unspecified atom stereocenters. The molecule has 2 heterocycles. The summed E-state index contributed by atoms with van der Waals surface area (Å²) in [5.74, 6) is 2.46. The highest BCUT2D eigenvalue weighted by molar-refractivity contribution is 6.74. The first kappa shape index (κ1) is 34.2. The third-order valence-corrected chi connectivity index (χ3v) is 19.8. The van der Waals surface area contributed by atoms with Crippen LogP contribution in [0, 0.1) is 5.92 Å². The van der Waals surface area contributed by atoms with Crippen LogP contribution in [0.1, 0.15) is 103 Å². The maximum atomic E-state index is 7.17. The SMILES string of the molecule is CC[C@H](O[Si](CC)(CC)CC)[C@@H](C)[C@H]1O[C@@H]1C[C@](C)(/C=C/B1OC(C)(C)C(C)(C)O1)O[Si](CC)(CC)CC. The molecule has 0 amide bonds. The molecule has 0 radical (unpaired) electrons. The van der Waals surface area contributed by atoms with E-state index in [0.717, 1.165) is 31.0 Å². The molecule has 2 aliphatic heterocycles. The first-order valence-electron chi connectivity index (χ1n) is 15.7. The van der Waals surface area contributed by atoms with Gasteiger partial charge in [-0.25, -0.2) is 0 Å². The van der Waals surface area contributed by atoms with Gasteiger partial charge in [0.1, 0.15) is 0 Å². The van der Waals surface area contributed by atoms with E-state index in [2.05, 4.69) is 102 Å². The normalized spacial score (nSPS) is 26.5. The second-order valence-electron chi connectivity index (χ2n) is 13.2. The van der Waals surface area contributed by atoms with Crippen molar-refractivity contribution in [3.05, 3.63) is 12.1 Å². The lowest BCUT2D eigenvalue weighted by Gasteiger charge is -2.39. The van der Waals surface area contributed by atoms with Crippen LogP contribution in [0.5, 0.6) is 0 Å². The quantitative estimate of drug-likeness (QED) is 0.130. The first-order chi connectivity index (χ1) is 17.6. The Bertz CT molecular complexity index is 735. The molecule has 5 nitrogen and oxygen atoms in total. The predicted molar refractivity (Wildman–Crippen MR) is 167 cm³/mol. The average Bonchev–Trinajstić information content (AvgIpc) is 3.60. The first-order valence-corrected chi connectivity index (χ1v) is 20.8. The predicted octanol–water partition coefficient (Wildman–Crippen LogP) is 8.55. The molecule has 0 aromatic carbocycles. The van der Waals surface area contributed by atoms with Crippen molar-refractivity contribution in [2.45, 2.75) is 174 Å². The lowest BCUT2D eigenvalue weighted by atomic mass is 9.85. The Kier molecular flexibility index (Phi) is 12.0. The molecule has 0 aliphatic carbocycles. The molecule has 0 aromatic heterocycles. The highest BCUT2D eigenvalue weighted by Crippen LogP contribution is 2.43. The molecule has 0 bridgehead atoms. The highest BCUT2D eigenvalue weighted by Gasteiger charge is 2.52. The van der Waals surface area contributed by atoms with Crippen molar-refractivity contribution in [1.82, 2.24) is 0 Å². The van der Waals surface area contributed by atoms with Gasteiger partial charge in [-0.15, -0.1) is 0 Å². The molecule has 222 valence electrons. The average molecular weight is 569 g/mol. The Morgan fingerprint density at radius 1 is 0.842 bits per heavy atom. The Labute approximate surface area is 238 Å². The Balaban J connectivity index is 2.21. The molecule has 2 fully saturated rings. The highest BCUT2D eigenvalue weighted by atomic mass is 28.4. The molecular formula is C30H61BO5Si2. The van der Waals surface area contributed by atoms with Gasteiger partial charge in [-0.1, -0.05) is 67.4 Å². The van der Waals surface area contributed by atoms with Gasteiger partial charge < -0.3 is 22.9 Å². The maximum Gasteiger partial charge on any atom is 0.486 e. The number of rotatable bonds is 17. The van der Waals surface area contributed by atoms with Crippen LogP contribution in [0.15, 0.2) is 12.1 Å². The van der Waals surface area contributed by atoms with E-state index in [1.54, 1.807) is 0 Å². The number of hydrogen-bond acceptors (Lipinski definition) is 5. The van der Waals surface area contributed by atoms with Crippen LogP contribution in [-0.2, 0) is 22.9 Å². The van der Waals surface area contributed by atoms with E-state index >= 15 is 0 Å². The Hall–Kier alpha value is 0.0387. The molecule has 2 rings (SSSR count). The van der Waals surface area contributed by atoms with E-state index in [9.17, 15) is 0 Å². The zero-order valence-electron chi connectivity index (χ0n) is 27.2. The molecule has 8 heteroatoms. The summed E-state index contributed by atoms with van der Waals surface area (Å²) in [5, 5.41) is 0. The van der Waals surface area contributed by atoms with Crippen LogP contribution in [0.2, 0.25) is 36.3 Å². The Morgan fingerprint density at radius 3 is 1.74 bits per heavy atom. The maximum absolute atomic E-state index is 7.17. The van der Waals surface area contributed by atoms with Crippen molar-refractivity contribution in [3.8, 4) is 0 Å². The summed E-state index contributed by atoms with van der Waals surface area (Å²) in [6, 6.07) is 6.92. The molecule has 38 heavy (non-hydrogen) atoms. The summed E-state index contributed by atoms with van der Waals surface area (Å²) in [7, 11) is -3.89. The lowest BCUT2D eigenvalue weighted by Crippen LogP contribution is -2.46. The van der Waals surface area contributed by atoms with Crippen molar-refractivity contribution < 1.29 is 22.9 Å². The van der Waals surface area contributed by atoms with E-state index in [0.29, 0.717) is 5.92 Å². The lowest BCUT2D eigenvalue weighted by molar-refractivity contribution is 0.00578. The third-order valence-electron chi connectivity index (χ3n) is 10.3. The van der Waals surface area contributed by atoms with E-state index in [1.165, 1.54) is 18.1 Å². The topological polar surface area (TPSA) is 49.5 Å². The van der Waals surface area contributed by atoms with Crippen molar-refractivity contribution in [3.63, 3.8) is 0 Å². The molecule has 0 saturated carbocycles. The Morgan fingerprint density at radius 2 is 1.32 bits per heavy atom. The fraction of sp³-hybridized carbons (Fsp3) is 0.933. The van der Waals surface area contributed by atoms with Crippen LogP contribution in [0.25, 0.3) is 0 Å². The van der Waals surface area contributed by atoms with E-state index in [4.69, 9.17) is 22.9 Å². The van der Waals surface area contributed by atoms with Gasteiger partial charge in [0.2, 0.25) is 0 Å². The van der Waals surface area contributed by atoms with Gasteiger partial charge >= 0.3 is 7.12 Å². The van der Waals surface area contributed by atoms with Crippen LogP contribution in [0.3, 0.4) is 0 Å². The van der Waals surface area contributed by atoms with Crippen LogP contribution in [0.4, 0.5) is 0 Å². The van der Waals surface area contributed by atoms with Crippen molar-refractivity contribution in [1.29, 1.82) is 0 Å². The second-order valence-corrected chi connectivity index (χ2v) is 22.6. The number of epoxide rings is 1. The van der Waals surface area contributed by atoms with E-state index in [1.807, 2.05) is 0 Å². The van der Waals surface area contributed by atoms with Gasteiger partial charge in [0, 0.05) is 18.4 Å². The summed E-state index contributed by atoms with van der Waals surface area (Å²) < 4.78 is 33.1. The largest absolute Gasteiger partial charge is 0.486 e. The zero-order chi connectivity index (χ0) is 29.0. The van der Waals surface area contributed by atoms with Gasteiger partial charge in [-0.05, 0) is 77.3 Å². The van der Waals surface area contributed by atoms with Crippen LogP contribution >= 0.6 is 0 Å². The summed E-state index contributed by atoms with van der Waals surface area (Å²) in [5.41, 5.74) is -1.12. The minimum atomic E-state index is -1.86. The minimum absolute atomic E-state index is 0.189. The summed E-state index contributed by atoms with van der Waals surface area (Å²) in [6.07, 6.45) is 4.79. The standard InChI is InChI=1S/C30H61BO5Si2/c1-14-25(33-37(15-2,16-3)17-4)24(8)27-26(32-27)23-30(13,36-38(18-5,19-6)20-7)21-22-31-34-28(9,10)29(11,12)35-31/h21-22,24-27H,14-20,23H2,1-13H3/b22-21+/t24-,25+,26-,27-,30+/m1/s1. The second kappa shape index (κ2) is 13.3. The van der Waals surface area contributed by atoms with Gasteiger partial charge in [0.05, 0.1) is 29.0 Å². The minimum Gasteiger partial charge on any atom is -0.414 e. The van der Waals surface area contributed by atoms with Gasteiger partial charge in [-0.2, -0.15) is 0 Å². The fourth-order valence-corrected chi connectivity index (χ4v) is 12.2.